The van der Waals surface area contributed by atoms with Crippen molar-refractivity contribution in [3.05, 3.63) is 55.4 Å². The average Bonchev–Trinajstić information content (AvgIpc) is 2.49. The van der Waals surface area contributed by atoms with E-state index in [-0.39, 0.29) is 0 Å². The number of nitrogen functional groups attached to an aromatic ring is 1. The average molecular weight is 249 g/mol. The molecule has 5 heteroatoms. The summed E-state index contributed by atoms with van der Waals surface area (Å²) in [6.07, 6.45) is 8.48. The second-order valence-corrected chi connectivity index (χ2v) is 4.00. The van der Waals surface area contributed by atoms with Crippen LogP contribution >= 0.6 is 0 Å². The molecule has 0 aliphatic heterocycles. The van der Waals surface area contributed by atoms with Gasteiger partial charge < -0.3 is 5.73 Å². The van der Waals surface area contributed by atoms with E-state index in [1.165, 1.54) is 6.33 Å². The van der Waals surface area contributed by atoms with E-state index in [1.54, 1.807) is 30.9 Å². The molecule has 0 saturated heterocycles. The normalized spacial score (nSPS) is 10.3. The zero-order chi connectivity index (χ0) is 13.1. The SMILES string of the molecule is Nc1ccc(-c2cncnc2)c(-c2cccnc2)n1. The van der Waals surface area contributed by atoms with Gasteiger partial charge in [-0.25, -0.2) is 15.0 Å². The van der Waals surface area contributed by atoms with E-state index >= 15 is 0 Å². The Balaban J connectivity index is 2.21. The van der Waals surface area contributed by atoms with Crippen molar-refractivity contribution in [1.29, 1.82) is 0 Å². The molecular weight excluding hydrogens is 238 g/mol. The number of nitrogens with two attached hydrogens (primary N) is 1. The van der Waals surface area contributed by atoms with Crippen LogP contribution < -0.4 is 5.73 Å². The van der Waals surface area contributed by atoms with Gasteiger partial charge in [0.05, 0.1) is 5.69 Å². The van der Waals surface area contributed by atoms with Crippen LogP contribution in [-0.4, -0.2) is 19.9 Å². The summed E-state index contributed by atoms with van der Waals surface area (Å²) in [4.78, 5) is 16.6. The van der Waals surface area contributed by atoms with Crippen LogP contribution in [0.5, 0.6) is 0 Å². The zero-order valence-corrected chi connectivity index (χ0v) is 10.1. The minimum absolute atomic E-state index is 0.472. The van der Waals surface area contributed by atoms with Gasteiger partial charge in [-0.2, -0.15) is 0 Å². The van der Waals surface area contributed by atoms with E-state index in [1.807, 2.05) is 18.2 Å². The first kappa shape index (κ1) is 11.3. The lowest BCUT2D eigenvalue weighted by molar-refractivity contribution is 1.17. The highest BCUT2D eigenvalue weighted by molar-refractivity contribution is 5.80. The summed E-state index contributed by atoms with van der Waals surface area (Å²) >= 11 is 0. The largest absolute Gasteiger partial charge is 0.384 e. The Labute approximate surface area is 110 Å². The molecule has 0 atom stereocenters. The maximum atomic E-state index is 5.78. The van der Waals surface area contributed by atoms with Crippen LogP contribution in [-0.2, 0) is 0 Å². The van der Waals surface area contributed by atoms with E-state index in [9.17, 15) is 0 Å². The summed E-state index contributed by atoms with van der Waals surface area (Å²) < 4.78 is 0. The van der Waals surface area contributed by atoms with Crippen molar-refractivity contribution in [2.45, 2.75) is 0 Å². The molecule has 0 aromatic carbocycles. The van der Waals surface area contributed by atoms with E-state index in [4.69, 9.17) is 5.73 Å². The smallest absolute Gasteiger partial charge is 0.124 e. The molecule has 5 nitrogen and oxygen atoms in total. The molecule has 0 aliphatic rings. The fourth-order valence-electron chi connectivity index (χ4n) is 1.87. The van der Waals surface area contributed by atoms with E-state index in [2.05, 4.69) is 19.9 Å². The molecule has 0 bridgehead atoms. The van der Waals surface area contributed by atoms with Crippen LogP contribution in [0.15, 0.2) is 55.4 Å². The molecule has 0 aliphatic carbocycles. The highest BCUT2D eigenvalue weighted by atomic mass is 14.8. The molecule has 3 aromatic heterocycles. The number of pyridine rings is 2. The van der Waals surface area contributed by atoms with Crippen molar-refractivity contribution in [2.24, 2.45) is 0 Å². The second-order valence-electron chi connectivity index (χ2n) is 4.00. The number of hydrogen-bond donors (Lipinski definition) is 1. The monoisotopic (exact) mass is 249 g/mol. The first-order valence-electron chi connectivity index (χ1n) is 5.77. The third kappa shape index (κ3) is 2.26. The summed E-state index contributed by atoms with van der Waals surface area (Å²) in [5.41, 5.74) is 9.30. The minimum atomic E-state index is 0.472. The predicted molar refractivity (Wildman–Crippen MR) is 72.9 cm³/mol. The van der Waals surface area contributed by atoms with Crippen molar-refractivity contribution < 1.29 is 0 Å². The highest BCUT2D eigenvalue weighted by Crippen LogP contribution is 2.29. The molecule has 0 spiro atoms. The lowest BCUT2D eigenvalue weighted by Crippen LogP contribution is -1.96. The van der Waals surface area contributed by atoms with E-state index in [0.29, 0.717) is 5.82 Å². The van der Waals surface area contributed by atoms with Gasteiger partial charge in [0, 0.05) is 41.5 Å². The quantitative estimate of drug-likeness (QED) is 0.753. The van der Waals surface area contributed by atoms with Crippen molar-refractivity contribution in [2.75, 3.05) is 5.73 Å². The van der Waals surface area contributed by atoms with Gasteiger partial charge in [0.2, 0.25) is 0 Å². The molecule has 0 unspecified atom stereocenters. The summed E-state index contributed by atoms with van der Waals surface area (Å²) in [6, 6.07) is 7.50. The van der Waals surface area contributed by atoms with Crippen LogP contribution in [0, 0.1) is 0 Å². The lowest BCUT2D eigenvalue weighted by Gasteiger charge is -2.09. The Morgan fingerprint density at radius 3 is 2.37 bits per heavy atom. The fraction of sp³-hybridized carbons (Fsp3) is 0. The Kier molecular flexibility index (Phi) is 2.86. The Hall–Kier alpha value is -2.82. The minimum Gasteiger partial charge on any atom is -0.384 e. The van der Waals surface area contributed by atoms with Gasteiger partial charge in [-0.15, -0.1) is 0 Å². The third-order valence-corrected chi connectivity index (χ3v) is 2.72. The van der Waals surface area contributed by atoms with Gasteiger partial charge in [-0.1, -0.05) is 0 Å². The lowest BCUT2D eigenvalue weighted by atomic mass is 10.0. The van der Waals surface area contributed by atoms with Gasteiger partial charge in [-0.05, 0) is 24.3 Å². The van der Waals surface area contributed by atoms with Crippen LogP contribution in [0.2, 0.25) is 0 Å². The number of hydrogen-bond acceptors (Lipinski definition) is 5. The first-order valence-corrected chi connectivity index (χ1v) is 5.77. The van der Waals surface area contributed by atoms with Gasteiger partial charge in [0.1, 0.15) is 12.1 Å². The van der Waals surface area contributed by atoms with Gasteiger partial charge in [0.25, 0.3) is 0 Å². The van der Waals surface area contributed by atoms with Crippen molar-refractivity contribution in [3.63, 3.8) is 0 Å². The Bertz CT molecular complexity index is 683. The van der Waals surface area contributed by atoms with Crippen molar-refractivity contribution >= 4 is 5.82 Å². The first-order chi connectivity index (χ1) is 9.34. The van der Waals surface area contributed by atoms with Crippen LogP contribution in [0.4, 0.5) is 5.82 Å². The maximum absolute atomic E-state index is 5.78. The zero-order valence-electron chi connectivity index (χ0n) is 10.1. The standard InChI is InChI=1S/C14H11N5/c15-13-4-3-12(11-7-17-9-18-8-11)14(19-13)10-2-1-5-16-6-10/h1-9H,(H2,15,19). The molecule has 19 heavy (non-hydrogen) atoms. The molecule has 3 rings (SSSR count). The molecular formula is C14H11N5. The van der Waals surface area contributed by atoms with Crippen LogP contribution in [0.3, 0.4) is 0 Å². The topological polar surface area (TPSA) is 77.6 Å². The maximum Gasteiger partial charge on any atom is 0.124 e. The third-order valence-electron chi connectivity index (χ3n) is 2.72. The molecule has 92 valence electrons. The molecule has 0 radical (unpaired) electrons. The molecule has 3 heterocycles. The van der Waals surface area contributed by atoms with Gasteiger partial charge in [0.15, 0.2) is 0 Å². The summed E-state index contributed by atoms with van der Waals surface area (Å²) in [7, 11) is 0. The van der Waals surface area contributed by atoms with Crippen molar-refractivity contribution in [1.82, 2.24) is 19.9 Å². The van der Waals surface area contributed by atoms with E-state index in [0.717, 1.165) is 22.4 Å². The van der Waals surface area contributed by atoms with Crippen molar-refractivity contribution in [3.8, 4) is 22.4 Å². The summed E-state index contributed by atoms with van der Waals surface area (Å²) in [6.45, 7) is 0. The Morgan fingerprint density at radius 2 is 1.63 bits per heavy atom. The van der Waals surface area contributed by atoms with Gasteiger partial charge >= 0.3 is 0 Å². The molecule has 0 saturated carbocycles. The number of nitrogens with zero attached hydrogens (tertiary/aromatic N) is 4. The molecule has 2 N–H and O–H groups in total. The highest BCUT2D eigenvalue weighted by Gasteiger charge is 2.10. The van der Waals surface area contributed by atoms with E-state index < -0.39 is 0 Å². The summed E-state index contributed by atoms with van der Waals surface area (Å²) in [5, 5.41) is 0. The van der Waals surface area contributed by atoms with Gasteiger partial charge in [-0.3, -0.25) is 4.98 Å². The fourth-order valence-corrected chi connectivity index (χ4v) is 1.87. The number of aromatic nitrogens is 4. The molecule has 3 aromatic rings. The number of anilines is 1. The number of rotatable bonds is 2. The second kappa shape index (κ2) is 4.81. The Morgan fingerprint density at radius 1 is 0.842 bits per heavy atom. The van der Waals surface area contributed by atoms with Crippen LogP contribution in [0.25, 0.3) is 22.4 Å². The summed E-state index contributed by atoms with van der Waals surface area (Å²) in [5.74, 6) is 0.472. The molecule has 0 amide bonds. The molecule has 0 fully saturated rings. The predicted octanol–water partition coefficient (Wildman–Crippen LogP) is 2.18. The van der Waals surface area contributed by atoms with Crippen LogP contribution in [0.1, 0.15) is 0 Å².